The first kappa shape index (κ1) is 19.6. The molecule has 0 unspecified atom stereocenters. The molecule has 0 spiro atoms. The quantitative estimate of drug-likeness (QED) is 0.776. The Morgan fingerprint density at radius 1 is 1.08 bits per heavy atom. The van der Waals surface area contributed by atoms with Gasteiger partial charge in [0.15, 0.2) is 18.1 Å². The highest BCUT2D eigenvalue weighted by Crippen LogP contribution is 2.36. The SMILES string of the molecule is COc1cc(C(=O)OCC(=O)Nc2c(C)cccc2C)cc(Cl)c1OC. The van der Waals surface area contributed by atoms with Crippen LogP contribution in [0.3, 0.4) is 0 Å². The van der Waals surface area contributed by atoms with Crippen LogP contribution in [0.15, 0.2) is 30.3 Å². The van der Waals surface area contributed by atoms with Gasteiger partial charge in [0, 0.05) is 5.69 Å². The molecule has 0 saturated carbocycles. The summed E-state index contributed by atoms with van der Waals surface area (Å²) in [5, 5.41) is 2.96. The molecule has 2 aromatic rings. The second-order valence-corrected chi connectivity index (χ2v) is 5.99. The van der Waals surface area contributed by atoms with E-state index in [9.17, 15) is 9.59 Å². The minimum Gasteiger partial charge on any atom is -0.493 e. The van der Waals surface area contributed by atoms with Crippen molar-refractivity contribution < 1.29 is 23.8 Å². The summed E-state index contributed by atoms with van der Waals surface area (Å²) in [6, 6.07) is 8.52. The predicted octanol–water partition coefficient (Wildman–Crippen LogP) is 3.77. The summed E-state index contributed by atoms with van der Waals surface area (Å²) in [4.78, 5) is 24.3. The van der Waals surface area contributed by atoms with Crippen molar-refractivity contribution in [1.29, 1.82) is 0 Å². The number of carbonyl (C=O) groups is 2. The van der Waals surface area contributed by atoms with Crippen molar-refractivity contribution in [3.05, 3.63) is 52.0 Å². The number of esters is 1. The summed E-state index contributed by atoms with van der Waals surface area (Å²) in [6.07, 6.45) is 0. The molecule has 1 N–H and O–H groups in total. The molecule has 0 heterocycles. The van der Waals surface area contributed by atoms with Crippen molar-refractivity contribution in [2.75, 3.05) is 26.1 Å². The third-order valence-electron chi connectivity index (χ3n) is 3.75. The van der Waals surface area contributed by atoms with E-state index in [4.69, 9.17) is 25.8 Å². The minimum absolute atomic E-state index is 0.160. The van der Waals surface area contributed by atoms with Crippen molar-refractivity contribution >= 4 is 29.2 Å². The van der Waals surface area contributed by atoms with Crippen LogP contribution >= 0.6 is 11.6 Å². The van der Waals surface area contributed by atoms with E-state index < -0.39 is 18.5 Å². The monoisotopic (exact) mass is 377 g/mol. The Kier molecular flexibility index (Phi) is 6.46. The largest absolute Gasteiger partial charge is 0.493 e. The van der Waals surface area contributed by atoms with Crippen molar-refractivity contribution in [3.63, 3.8) is 0 Å². The van der Waals surface area contributed by atoms with Crippen molar-refractivity contribution in [1.82, 2.24) is 0 Å². The fourth-order valence-corrected chi connectivity index (χ4v) is 2.73. The van der Waals surface area contributed by atoms with Crippen LogP contribution in [0.1, 0.15) is 21.5 Å². The number of methoxy groups -OCH3 is 2. The standard InChI is InChI=1S/C19H20ClNO5/c1-11-6-5-7-12(2)17(11)21-16(22)10-26-19(23)13-8-14(20)18(25-4)15(9-13)24-3/h5-9H,10H2,1-4H3,(H,21,22). The van der Waals surface area contributed by atoms with E-state index in [0.29, 0.717) is 17.2 Å². The van der Waals surface area contributed by atoms with E-state index >= 15 is 0 Å². The van der Waals surface area contributed by atoms with Crippen LogP contribution in [-0.2, 0) is 9.53 Å². The van der Waals surface area contributed by atoms with E-state index in [1.54, 1.807) is 0 Å². The maximum absolute atomic E-state index is 12.2. The Bertz CT molecular complexity index is 815. The summed E-state index contributed by atoms with van der Waals surface area (Å²) >= 11 is 6.07. The topological polar surface area (TPSA) is 73.9 Å². The molecule has 0 aliphatic carbocycles. The maximum Gasteiger partial charge on any atom is 0.338 e. The molecule has 1 amide bonds. The lowest BCUT2D eigenvalue weighted by Gasteiger charge is -2.13. The number of nitrogens with one attached hydrogen (secondary N) is 1. The number of anilines is 1. The van der Waals surface area contributed by atoms with Gasteiger partial charge in [-0.25, -0.2) is 4.79 Å². The average molecular weight is 378 g/mol. The van der Waals surface area contributed by atoms with Gasteiger partial charge in [-0.05, 0) is 37.1 Å². The lowest BCUT2D eigenvalue weighted by atomic mass is 10.1. The summed E-state index contributed by atoms with van der Waals surface area (Å²) in [5.74, 6) is -0.503. The number of halogens is 1. The van der Waals surface area contributed by atoms with E-state index in [1.807, 2.05) is 32.0 Å². The van der Waals surface area contributed by atoms with Gasteiger partial charge in [-0.1, -0.05) is 29.8 Å². The average Bonchev–Trinajstić information content (AvgIpc) is 2.62. The van der Waals surface area contributed by atoms with Gasteiger partial charge in [0.05, 0.1) is 24.8 Å². The number of rotatable bonds is 6. The lowest BCUT2D eigenvalue weighted by Crippen LogP contribution is -2.21. The molecule has 138 valence electrons. The molecule has 7 heteroatoms. The Labute approximate surface area is 157 Å². The zero-order valence-electron chi connectivity index (χ0n) is 15.0. The van der Waals surface area contributed by atoms with Gasteiger partial charge >= 0.3 is 5.97 Å². The molecule has 6 nitrogen and oxygen atoms in total. The first-order chi connectivity index (χ1) is 12.4. The number of aryl methyl sites for hydroxylation is 2. The van der Waals surface area contributed by atoms with Crippen molar-refractivity contribution in [3.8, 4) is 11.5 Å². The number of carbonyl (C=O) groups excluding carboxylic acids is 2. The molecular weight excluding hydrogens is 358 g/mol. The van der Waals surface area contributed by atoms with Crippen LogP contribution in [0.5, 0.6) is 11.5 Å². The normalized spacial score (nSPS) is 10.2. The third kappa shape index (κ3) is 4.46. The fourth-order valence-electron chi connectivity index (χ4n) is 2.44. The van der Waals surface area contributed by atoms with Crippen LogP contribution in [0.4, 0.5) is 5.69 Å². The Balaban J connectivity index is 2.04. The van der Waals surface area contributed by atoms with Crippen LogP contribution in [0.25, 0.3) is 0 Å². The number of benzene rings is 2. The highest BCUT2D eigenvalue weighted by Gasteiger charge is 2.17. The van der Waals surface area contributed by atoms with Crippen LogP contribution < -0.4 is 14.8 Å². The molecule has 0 atom stereocenters. The molecule has 0 radical (unpaired) electrons. The van der Waals surface area contributed by atoms with E-state index in [2.05, 4.69) is 5.32 Å². The zero-order valence-corrected chi connectivity index (χ0v) is 15.8. The van der Waals surface area contributed by atoms with Gasteiger partial charge in [0.1, 0.15) is 0 Å². The fraction of sp³-hybridized carbons (Fsp3) is 0.263. The van der Waals surface area contributed by atoms with Gasteiger partial charge in [-0.3, -0.25) is 4.79 Å². The van der Waals surface area contributed by atoms with Crippen molar-refractivity contribution in [2.45, 2.75) is 13.8 Å². The molecule has 0 saturated heterocycles. The van der Waals surface area contributed by atoms with Crippen molar-refractivity contribution in [2.24, 2.45) is 0 Å². The lowest BCUT2D eigenvalue weighted by molar-refractivity contribution is -0.119. The molecule has 0 bridgehead atoms. The summed E-state index contributed by atoms with van der Waals surface area (Å²) < 4.78 is 15.3. The predicted molar refractivity (Wildman–Crippen MR) is 99.4 cm³/mol. The summed E-state index contributed by atoms with van der Waals surface area (Å²) in [5.41, 5.74) is 2.72. The molecular formula is C19H20ClNO5. The minimum atomic E-state index is -0.690. The van der Waals surface area contributed by atoms with Gasteiger partial charge < -0.3 is 19.5 Å². The number of amides is 1. The number of ether oxygens (including phenoxy) is 3. The van der Waals surface area contributed by atoms with Crippen LogP contribution in [0.2, 0.25) is 5.02 Å². The van der Waals surface area contributed by atoms with Gasteiger partial charge in [0.25, 0.3) is 5.91 Å². The number of hydrogen-bond donors (Lipinski definition) is 1. The zero-order chi connectivity index (χ0) is 19.3. The first-order valence-corrected chi connectivity index (χ1v) is 8.20. The van der Waals surface area contributed by atoms with E-state index in [1.165, 1.54) is 26.4 Å². The molecule has 0 aromatic heterocycles. The highest BCUT2D eigenvalue weighted by atomic mass is 35.5. The molecule has 2 rings (SSSR count). The van der Waals surface area contributed by atoms with Gasteiger partial charge in [-0.2, -0.15) is 0 Å². The first-order valence-electron chi connectivity index (χ1n) is 7.82. The van der Waals surface area contributed by atoms with E-state index in [-0.39, 0.29) is 10.6 Å². The Morgan fingerprint density at radius 3 is 2.31 bits per heavy atom. The molecule has 0 aliphatic heterocycles. The second kappa shape index (κ2) is 8.58. The molecule has 2 aromatic carbocycles. The number of hydrogen-bond acceptors (Lipinski definition) is 5. The maximum atomic E-state index is 12.2. The van der Waals surface area contributed by atoms with Crippen LogP contribution in [-0.4, -0.2) is 32.7 Å². The summed E-state index contributed by atoms with van der Waals surface area (Å²) in [6.45, 7) is 3.36. The van der Waals surface area contributed by atoms with Gasteiger partial charge in [0.2, 0.25) is 0 Å². The third-order valence-corrected chi connectivity index (χ3v) is 4.03. The second-order valence-electron chi connectivity index (χ2n) is 5.58. The number of para-hydroxylation sites is 1. The molecule has 26 heavy (non-hydrogen) atoms. The van der Waals surface area contributed by atoms with Crippen LogP contribution in [0, 0.1) is 13.8 Å². The van der Waals surface area contributed by atoms with Gasteiger partial charge in [-0.15, -0.1) is 0 Å². The highest BCUT2D eigenvalue weighted by molar-refractivity contribution is 6.32. The van der Waals surface area contributed by atoms with E-state index in [0.717, 1.165) is 11.1 Å². The summed E-state index contributed by atoms with van der Waals surface area (Å²) in [7, 11) is 2.88. The Morgan fingerprint density at radius 2 is 1.73 bits per heavy atom. The Hall–Kier alpha value is -2.73. The molecule has 0 aliphatic rings. The molecule has 0 fully saturated rings. The smallest absolute Gasteiger partial charge is 0.338 e.